The Hall–Kier alpha value is -1.24. The first-order chi connectivity index (χ1) is 7.47. The molecule has 0 bridgehead atoms. The van der Waals surface area contributed by atoms with Crippen molar-refractivity contribution in [3.63, 3.8) is 0 Å². The van der Waals surface area contributed by atoms with Crippen LogP contribution >= 0.6 is 15.9 Å². The molecule has 0 amide bonds. The van der Waals surface area contributed by atoms with Crippen molar-refractivity contribution in [1.29, 1.82) is 0 Å². The van der Waals surface area contributed by atoms with Gasteiger partial charge in [-0.05, 0) is 28.9 Å². The number of hydrogen-bond donors (Lipinski definition) is 1. The van der Waals surface area contributed by atoms with Gasteiger partial charge < -0.3 is 9.84 Å². The van der Waals surface area contributed by atoms with Crippen molar-refractivity contribution in [2.75, 3.05) is 6.61 Å². The number of aromatic nitrogens is 1. The Labute approximate surface area is 98.4 Å². The maximum absolute atomic E-state index is 12.4. The number of hydrogen-bond acceptors (Lipinski definition) is 4. The average Bonchev–Trinajstić information content (AvgIpc) is 2.21. The fourth-order valence-corrected chi connectivity index (χ4v) is 1.40. The molecule has 0 spiro atoms. The van der Waals surface area contributed by atoms with Gasteiger partial charge in [0.25, 0.3) is 6.43 Å². The van der Waals surface area contributed by atoms with Gasteiger partial charge in [-0.15, -0.1) is 0 Å². The normalized spacial score (nSPS) is 10.6. The van der Waals surface area contributed by atoms with Crippen LogP contribution < -0.4 is 0 Å². The smallest absolute Gasteiger partial charge is 0.360 e. The third-order valence-corrected chi connectivity index (χ3v) is 2.26. The average molecular weight is 296 g/mol. The Balaban J connectivity index is 3.21. The molecule has 0 saturated carbocycles. The molecule has 1 heterocycles. The summed E-state index contributed by atoms with van der Waals surface area (Å²) >= 11 is 2.85. The zero-order chi connectivity index (χ0) is 12.3. The van der Waals surface area contributed by atoms with Gasteiger partial charge in [0.2, 0.25) is 0 Å². The van der Waals surface area contributed by atoms with E-state index in [1.54, 1.807) is 6.92 Å². The summed E-state index contributed by atoms with van der Waals surface area (Å²) in [5.74, 6) is -1.45. The minimum absolute atomic E-state index is 0.0270. The van der Waals surface area contributed by atoms with Crippen LogP contribution in [0, 0.1) is 0 Å². The lowest BCUT2D eigenvalue weighted by atomic mass is 10.3. The SMILES string of the molecule is CCOC(=O)c1nc(C(F)F)cc(Br)c1O. The van der Waals surface area contributed by atoms with E-state index in [0.717, 1.165) is 6.07 Å². The Bertz CT molecular complexity index is 412. The number of rotatable bonds is 3. The molecule has 4 nitrogen and oxygen atoms in total. The van der Waals surface area contributed by atoms with E-state index >= 15 is 0 Å². The highest BCUT2D eigenvalue weighted by Crippen LogP contribution is 2.31. The van der Waals surface area contributed by atoms with Crippen molar-refractivity contribution in [2.24, 2.45) is 0 Å². The summed E-state index contributed by atoms with van der Waals surface area (Å²) < 4.78 is 29.3. The molecule has 16 heavy (non-hydrogen) atoms. The molecule has 0 aliphatic carbocycles. The Morgan fingerprint density at radius 3 is 2.81 bits per heavy atom. The van der Waals surface area contributed by atoms with E-state index in [-0.39, 0.29) is 11.1 Å². The molecule has 1 aromatic rings. The monoisotopic (exact) mass is 295 g/mol. The van der Waals surface area contributed by atoms with Crippen LogP contribution in [0.2, 0.25) is 0 Å². The van der Waals surface area contributed by atoms with Gasteiger partial charge in [0, 0.05) is 0 Å². The highest BCUT2D eigenvalue weighted by molar-refractivity contribution is 9.10. The highest BCUT2D eigenvalue weighted by atomic mass is 79.9. The first kappa shape index (κ1) is 12.8. The lowest BCUT2D eigenvalue weighted by molar-refractivity contribution is 0.0514. The van der Waals surface area contributed by atoms with Crippen molar-refractivity contribution in [3.05, 3.63) is 21.9 Å². The first-order valence-electron chi connectivity index (χ1n) is 4.32. The molecule has 0 atom stereocenters. The Kier molecular flexibility index (Phi) is 4.17. The minimum Gasteiger partial charge on any atom is -0.504 e. The van der Waals surface area contributed by atoms with Gasteiger partial charge in [0.1, 0.15) is 5.69 Å². The van der Waals surface area contributed by atoms with Crippen LogP contribution in [-0.4, -0.2) is 22.7 Å². The van der Waals surface area contributed by atoms with E-state index in [0.29, 0.717) is 0 Å². The van der Waals surface area contributed by atoms with Crippen LogP contribution in [0.5, 0.6) is 5.75 Å². The number of esters is 1. The number of carbonyl (C=O) groups excluding carboxylic acids is 1. The van der Waals surface area contributed by atoms with Crippen LogP contribution in [0.3, 0.4) is 0 Å². The second kappa shape index (κ2) is 5.20. The number of ether oxygens (including phenoxy) is 1. The number of pyridine rings is 1. The van der Waals surface area contributed by atoms with Crippen LogP contribution in [0.15, 0.2) is 10.5 Å². The van der Waals surface area contributed by atoms with Crippen molar-refractivity contribution in [3.8, 4) is 5.75 Å². The largest absolute Gasteiger partial charge is 0.504 e. The molecule has 7 heteroatoms. The van der Waals surface area contributed by atoms with E-state index in [1.165, 1.54) is 0 Å². The predicted octanol–water partition coefficient (Wildman–Crippen LogP) is 2.66. The Morgan fingerprint density at radius 2 is 2.31 bits per heavy atom. The van der Waals surface area contributed by atoms with Gasteiger partial charge in [-0.1, -0.05) is 0 Å². The second-order valence-corrected chi connectivity index (χ2v) is 3.60. The second-order valence-electron chi connectivity index (χ2n) is 2.75. The molecule has 1 aromatic heterocycles. The molecule has 0 unspecified atom stereocenters. The van der Waals surface area contributed by atoms with Gasteiger partial charge in [0.05, 0.1) is 11.1 Å². The summed E-state index contributed by atoms with van der Waals surface area (Å²) in [5, 5.41) is 9.45. The molecule has 1 rings (SSSR count). The van der Waals surface area contributed by atoms with Crippen molar-refractivity contribution in [1.82, 2.24) is 4.98 Å². The molecule has 0 aliphatic rings. The maximum atomic E-state index is 12.4. The fraction of sp³-hybridized carbons (Fsp3) is 0.333. The van der Waals surface area contributed by atoms with Crippen molar-refractivity contribution in [2.45, 2.75) is 13.3 Å². The van der Waals surface area contributed by atoms with Gasteiger partial charge in [0.15, 0.2) is 11.4 Å². The summed E-state index contributed by atoms with van der Waals surface area (Å²) in [7, 11) is 0. The van der Waals surface area contributed by atoms with Gasteiger partial charge in [-0.3, -0.25) is 0 Å². The molecule has 0 aliphatic heterocycles. The standard InChI is InChI=1S/C9H8BrF2NO3/c1-2-16-9(15)6-7(14)4(10)3-5(13-6)8(11)12/h3,8,14H,2H2,1H3. The summed E-state index contributed by atoms with van der Waals surface area (Å²) in [6.07, 6.45) is -2.83. The maximum Gasteiger partial charge on any atom is 0.360 e. The van der Waals surface area contributed by atoms with Crippen LogP contribution in [-0.2, 0) is 4.74 Å². The van der Waals surface area contributed by atoms with E-state index in [4.69, 9.17) is 0 Å². The minimum atomic E-state index is -2.83. The van der Waals surface area contributed by atoms with Gasteiger partial charge in [-0.2, -0.15) is 0 Å². The quantitative estimate of drug-likeness (QED) is 0.871. The third-order valence-electron chi connectivity index (χ3n) is 1.66. The zero-order valence-corrected chi connectivity index (χ0v) is 9.79. The van der Waals surface area contributed by atoms with Crippen LogP contribution in [0.4, 0.5) is 8.78 Å². The zero-order valence-electron chi connectivity index (χ0n) is 8.21. The van der Waals surface area contributed by atoms with Crippen LogP contribution in [0.1, 0.15) is 29.5 Å². The topological polar surface area (TPSA) is 59.4 Å². The molecule has 88 valence electrons. The van der Waals surface area contributed by atoms with Crippen molar-refractivity contribution < 1.29 is 23.4 Å². The number of nitrogens with zero attached hydrogens (tertiary/aromatic N) is 1. The van der Waals surface area contributed by atoms with Crippen molar-refractivity contribution >= 4 is 21.9 Å². The molecule has 0 fully saturated rings. The van der Waals surface area contributed by atoms with E-state index in [9.17, 15) is 18.7 Å². The van der Waals surface area contributed by atoms with Gasteiger partial charge >= 0.3 is 5.97 Å². The highest BCUT2D eigenvalue weighted by Gasteiger charge is 2.21. The molecule has 0 saturated heterocycles. The lowest BCUT2D eigenvalue weighted by Crippen LogP contribution is -2.09. The summed E-state index contributed by atoms with van der Waals surface area (Å²) in [5.41, 5.74) is -1.13. The molecular weight excluding hydrogens is 288 g/mol. The summed E-state index contributed by atoms with van der Waals surface area (Å²) in [4.78, 5) is 14.6. The molecular formula is C9H8BrF2NO3. The number of halogens is 3. The van der Waals surface area contributed by atoms with E-state index in [2.05, 4.69) is 25.7 Å². The number of aromatic hydroxyl groups is 1. The lowest BCUT2D eigenvalue weighted by Gasteiger charge is -2.07. The number of carbonyl (C=O) groups is 1. The molecule has 1 N–H and O–H groups in total. The Morgan fingerprint density at radius 1 is 1.69 bits per heavy atom. The number of alkyl halides is 2. The van der Waals surface area contributed by atoms with Crippen LogP contribution in [0.25, 0.3) is 0 Å². The first-order valence-corrected chi connectivity index (χ1v) is 5.11. The predicted molar refractivity (Wildman–Crippen MR) is 54.5 cm³/mol. The third kappa shape index (κ3) is 2.66. The van der Waals surface area contributed by atoms with Gasteiger partial charge in [-0.25, -0.2) is 18.6 Å². The summed E-state index contributed by atoms with van der Waals surface area (Å²) in [6, 6.07) is 0.947. The molecule has 0 aromatic carbocycles. The fourth-order valence-electron chi connectivity index (χ4n) is 0.979. The van der Waals surface area contributed by atoms with E-state index < -0.39 is 29.5 Å². The van der Waals surface area contributed by atoms with E-state index in [1.807, 2.05) is 0 Å². The summed E-state index contributed by atoms with van der Waals surface area (Å²) in [6.45, 7) is 1.62. The molecule has 0 radical (unpaired) electrons.